The first-order chi connectivity index (χ1) is 14.6. The molecule has 0 unspecified atom stereocenters. The molecule has 2 amide bonds. The molecule has 4 rings (SSSR count). The summed E-state index contributed by atoms with van der Waals surface area (Å²) in [5, 5.41) is 6.18. The zero-order chi connectivity index (χ0) is 20.8. The molecule has 1 aromatic carbocycles. The summed E-state index contributed by atoms with van der Waals surface area (Å²) in [6.45, 7) is 2.58. The zero-order valence-corrected chi connectivity index (χ0v) is 17.0. The first kappa shape index (κ1) is 20.3. The number of benzene rings is 1. The van der Waals surface area contributed by atoms with Crippen molar-refractivity contribution < 1.29 is 14.3 Å². The second-order valence-electron chi connectivity index (χ2n) is 8.08. The van der Waals surface area contributed by atoms with E-state index >= 15 is 0 Å². The number of likely N-dealkylation sites (tertiary alicyclic amines) is 1. The molecule has 1 aromatic heterocycles. The van der Waals surface area contributed by atoms with Gasteiger partial charge in [-0.2, -0.15) is 0 Å². The number of carbonyl (C=O) groups excluding carboxylic acids is 2. The molecular weight excluding hydrogens is 380 g/mol. The minimum atomic E-state index is -0.324. The normalized spacial score (nSPS) is 23.9. The van der Waals surface area contributed by atoms with Crippen molar-refractivity contribution >= 4 is 11.8 Å². The van der Waals surface area contributed by atoms with E-state index in [1.165, 1.54) is 0 Å². The van der Waals surface area contributed by atoms with E-state index < -0.39 is 0 Å². The molecule has 30 heavy (non-hydrogen) atoms. The Labute approximate surface area is 176 Å². The molecule has 0 saturated carbocycles. The number of hydrogen-bond donors (Lipinski definition) is 2. The first-order valence-electron chi connectivity index (χ1n) is 10.5. The Hall–Kier alpha value is -2.93. The highest BCUT2D eigenvalue weighted by molar-refractivity contribution is 5.79. The summed E-state index contributed by atoms with van der Waals surface area (Å²) in [7, 11) is 0. The molecule has 3 heterocycles. The zero-order valence-electron chi connectivity index (χ0n) is 17.0. The average Bonchev–Trinajstić information content (AvgIpc) is 3.09. The van der Waals surface area contributed by atoms with Crippen molar-refractivity contribution in [1.29, 1.82) is 0 Å². The van der Waals surface area contributed by atoms with Crippen LogP contribution in [0.25, 0.3) is 0 Å². The van der Waals surface area contributed by atoms with Crippen molar-refractivity contribution in [1.82, 2.24) is 20.5 Å². The third-order valence-corrected chi connectivity index (χ3v) is 5.92. The van der Waals surface area contributed by atoms with E-state index in [-0.39, 0.29) is 23.3 Å². The number of aromatic nitrogens is 1. The summed E-state index contributed by atoms with van der Waals surface area (Å²) >= 11 is 0. The maximum Gasteiger partial charge on any atom is 0.234 e. The van der Waals surface area contributed by atoms with Crippen LogP contribution in [0.2, 0.25) is 0 Å². The number of rotatable bonds is 7. The molecule has 2 atom stereocenters. The Morgan fingerprint density at radius 2 is 2.13 bits per heavy atom. The fourth-order valence-electron chi connectivity index (χ4n) is 4.62. The number of carbonyl (C=O) groups is 2. The molecule has 0 bridgehead atoms. The second-order valence-corrected chi connectivity index (χ2v) is 8.08. The Morgan fingerprint density at radius 3 is 2.90 bits per heavy atom. The van der Waals surface area contributed by atoms with Crippen LogP contribution in [-0.2, 0) is 9.59 Å². The standard InChI is InChI=1S/C23H28N4O3/c28-21-9-4-10-23(26-21)17-27(15-20(23)18-6-5-11-24-14-18)16-22(29)25-12-13-30-19-7-2-1-3-8-19/h1-3,5-8,11,14,20H,4,9-10,12-13,15-17H2,(H,25,29)(H,26,28)/t20-,23+/m0/s1. The lowest BCUT2D eigenvalue weighted by atomic mass is 9.77. The monoisotopic (exact) mass is 408 g/mol. The second kappa shape index (κ2) is 9.26. The maximum absolute atomic E-state index is 12.5. The third-order valence-electron chi connectivity index (χ3n) is 5.92. The molecule has 7 heteroatoms. The van der Waals surface area contributed by atoms with Crippen molar-refractivity contribution in [2.45, 2.75) is 30.7 Å². The SMILES string of the molecule is O=C(CN1C[C@@H](c2cccnc2)[C@@]2(CCCC(=O)N2)C1)NCCOc1ccccc1. The van der Waals surface area contributed by atoms with Gasteiger partial charge in [0.15, 0.2) is 0 Å². The summed E-state index contributed by atoms with van der Waals surface area (Å²) in [6.07, 6.45) is 6.00. The molecule has 2 aliphatic heterocycles. The van der Waals surface area contributed by atoms with Gasteiger partial charge in [0.1, 0.15) is 12.4 Å². The molecule has 1 spiro atoms. The lowest BCUT2D eigenvalue weighted by molar-refractivity contribution is -0.125. The van der Waals surface area contributed by atoms with Gasteiger partial charge in [0, 0.05) is 37.8 Å². The maximum atomic E-state index is 12.5. The molecule has 2 aromatic rings. The first-order valence-corrected chi connectivity index (χ1v) is 10.5. The van der Waals surface area contributed by atoms with Crippen LogP contribution in [0.4, 0.5) is 0 Å². The Morgan fingerprint density at radius 1 is 1.27 bits per heavy atom. The lowest BCUT2D eigenvalue weighted by Gasteiger charge is -2.39. The van der Waals surface area contributed by atoms with Gasteiger partial charge in [0.25, 0.3) is 0 Å². The van der Waals surface area contributed by atoms with Crippen molar-refractivity contribution in [3.8, 4) is 5.75 Å². The molecule has 2 saturated heterocycles. The van der Waals surface area contributed by atoms with E-state index in [9.17, 15) is 9.59 Å². The van der Waals surface area contributed by atoms with Crippen LogP contribution in [-0.4, -0.2) is 60.0 Å². The van der Waals surface area contributed by atoms with Gasteiger partial charge in [0.05, 0.1) is 18.6 Å². The van der Waals surface area contributed by atoms with Crippen molar-refractivity contribution in [3.63, 3.8) is 0 Å². The summed E-state index contributed by atoms with van der Waals surface area (Å²) in [5.74, 6) is 0.987. The largest absolute Gasteiger partial charge is 0.492 e. The highest BCUT2D eigenvalue weighted by Gasteiger charge is 2.49. The van der Waals surface area contributed by atoms with Crippen LogP contribution in [0.1, 0.15) is 30.7 Å². The van der Waals surface area contributed by atoms with Crippen LogP contribution in [0.5, 0.6) is 5.75 Å². The molecule has 2 aliphatic rings. The molecule has 158 valence electrons. The van der Waals surface area contributed by atoms with Gasteiger partial charge in [-0.3, -0.25) is 19.5 Å². The van der Waals surface area contributed by atoms with Gasteiger partial charge < -0.3 is 15.4 Å². The van der Waals surface area contributed by atoms with Crippen LogP contribution in [0.15, 0.2) is 54.9 Å². The van der Waals surface area contributed by atoms with Crippen LogP contribution >= 0.6 is 0 Å². The van der Waals surface area contributed by atoms with Crippen molar-refractivity contribution in [2.24, 2.45) is 0 Å². The fourth-order valence-corrected chi connectivity index (χ4v) is 4.62. The number of hydrogen-bond acceptors (Lipinski definition) is 5. The van der Waals surface area contributed by atoms with E-state index in [2.05, 4.69) is 26.6 Å². The number of amides is 2. The van der Waals surface area contributed by atoms with Crippen LogP contribution in [0.3, 0.4) is 0 Å². The highest BCUT2D eigenvalue weighted by Crippen LogP contribution is 2.40. The van der Waals surface area contributed by atoms with Gasteiger partial charge in [-0.25, -0.2) is 0 Å². The fraction of sp³-hybridized carbons (Fsp3) is 0.435. The molecule has 2 N–H and O–H groups in total. The Kier molecular flexibility index (Phi) is 6.28. The van der Waals surface area contributed by atoms with Crippen molar-refractivity contribution in [2.75, 3.05) is 32.8 Å². The van der Waals surface area contributed by atoms with E-state index in [0.29, 0.717) is 32.7 Å². The van der Waals surface area contributed by atoms with Gasteiger partial charge >= 0.3 is 0 Å². The van der Waals surface area contributed by atoms with Gasteiger partial charge in [0.2, 0.25) is 11.8 Å². The third kappa shape index (κ3) is 4.79. The summed E-state index contributed by atoms with van der Waals surface area (Å²) in [6, 6.07) is 13.5. The van der Waals surface area contributed by atoms with Crippen molar-refractivity contribution in [3.05, 3.63) is 60.4 Å². The molecular formula is C23H28N4O3. The Bertz CT molecular complexity index is 861. The van der Waals surface area contributed by atoms with Crippen LogP contribution in [0, 0.1) is 0 Å². The number of para-hydroxylation sites is 1. The molecule has 7 nitrogen and oxygen atoms in total. The van der Waals surface area contributed by atoms with Gasteiger partial charge in [-0.15, -0.1) is 0 Å². The van der Waals surface area contributed by atoms with Gasteiger partial charge in [-0.05, 0) is 36.6 Å². The average molecular weight is 409 g/mol. The number of pyridine rings is 1. The summed E-state index contributed by atoms with van der Waals surface area (Å²) in [4.78, 5) is 31.1. The Balaban J connectivity index is 1.33. The molecule has 0 aliphatic carbocycles. The summed E-state index contributed by atoms with van der Waals surface area (Å²) in [5.41, 5.74) is 0.786. The minimum absolute atomic E-state index is 0.0317. The predicted octanol–water partition coefficient (Wildman–Crippen LogP) is 1.71. The van der Waals surface area contributed by atoms with E-state index in [1.54, 1.807) is 6.20 Å². The summed E-state index contributed by atoms with van der Waals surface area (Å²) < 4.78 is 5.62. The number of ether oxygens (including phenoxy) is 1. The highest BCUT2D eigenvalue weighted by atomic mass is 16.5. The van der Waals surface area contributed by atoms with Crippen LogP contribution < -0.4 is 15.4 Å². The van der Waals surface area contributed by atoms with E-state index in [0.717, 1.165) is 30.7 Å². The smallest absolute Gasteiger partial charge is 0.234 e. The predicted molar refractivity (Wildman–Crippen MR) is 113 cm³/mol. The number of nitrogens with zero attached hydrogens (tertiary/aromatic N) is 2. The number of nitrogens with one attached hydrogen (secondary N) is 2. The number of piperidine rings is 1. The lowest BCUT2D eigenvalue weighted by Crippen LogP contribution is -2.56. The molecule has 2 fully saturated rings. The topological polar surface area (TPSA) is 83.6 Å². The quantitative estimate of drug-likeness (QED) is 0.682. The van der Waals surface area contributed by atoms with Gasteiger partial charge in [-0.1, -0.05) is 24.3 Å². The van der Waals surface area contributed by atoms with E-state index in [4.69, 9.17) is 4.74 Å². The minimum Gasteiger partial charge on any atom is -0.492 e. The molecule has 0 radical (unpaired) electrons. The van der Waals surface area contributed by atoms with E-state index in [1.807, 2.05) is 42.6 Å².